The van der Waals surface area contributed by atoms with Crippen LogP contribution >= 0.6 is 15.9 Å². The van der Waals surface area contributed by atoms with Crippen molar-refractivity contribution in [3.8, 4) is 5.75 Å². The predicted octanol–water partition coefficient (Wildman–Crippen LogP) is 3.44. The minimum atomic E-state index is 0.750. The lowest BCUT2D eigenvalue weighted by Gasteiger charge is -2.04. The van der Waals surface area contributed by atoms with Crippen LogP contribution in [0.15, 0.2) is 28.7 Å². The topological polar surface area (TPSA) is 9.23 Å². The molecule has 1 aromatic carbocycles. The molecule has 0 N–H and O–H groups in total. The molecule has 0 atom stereocenters. The average molecular weight is 228 g/mol. The highest BCUT2D eigenvalue weighted by atomic mass is 79.9. The van der Waals surface area contributed by atoms with Crippen LogP contribution in [0.4, 0.5) is 0 Å². The lowest BCUT2D eigenvalue weighted by molar-refractivity contribution is 0.311. The van der Waals surface area contributed by atoms with E-state index >= 15 is 0 Å². The van der Waals surface area contributed by atoms with Crippen molar-refractivity contribution in [3.05, 3.63) is 35.7 Å². The molecule has 0 bridgehead atoms. The molecule has 1 nitrogen and oxygen atoms in total. The summed E-state index contributed by atoms with van der Waals surface area (Å²) in [4.78, 5) is 0. The SMILES string of the molecule is [CH2]CCCOc1cccc(Br)c1. The van der Waals surface area contributed by atoms with E-state index in [1.807, 2.05) is 24.3 Å². The number of unbranched alkanes of at least 4 members (excludes halogenated alkanes) is 1. The summed E-state index contributed by atoms with van der Waals surface area (Å²) in [6.07, 6.45) is 1.93. The maximum atomic E-state index is 5.46. The third kappa shape index (κ3) is 3.26. The van der Waals surface area contributed by atoms with E-state index in [4.69, 9.17) is 4.74 Å². The first-order chi connectivity index (χ1) is 5.83. The summed E-state index contributed by atoms with van der Waals surface area (Å²) in [5.41, 5.74) is 0. The summed E-state index contributed by atoms with van der Waals surface area (Å²) in [5, 5.41) is 0. The maximum Gasteiger partial charge on any atom is 0.120 e. The average Bonchev–Trinajstić information content (AvgIpc) is 2.05. The van der Waals surface area contributed by atoms with E-state index in [1.165, 1.54) is 0 Å². The zero-order valence-corrected chi connectivity index (χ0v) is 8.51. The molecule has 0 aliphatic heterocycles. The molecule has 1 radical (unpaired) electrons. The van der Waals surface area contributed by atoms with Crippen molar-refractivity contribution >= 4 is 15.9 Å². The lowest BCUT2D eigenvalue weighted by atomic mass is 10.3. The third-order valence-corrected chi connectivity index (χ3v) is 1.95. The monoisotopic (exact) mass is 227 g/mol. The second kappa shape index (κ2) is 5.20. The summed E-state index contributed by atoms with van der Waals surface area (Å²) in [5.74, 6) is 0.915. The highest BCUT2D eigenvalue weighted by Crippen LogP contribution is 2.17. The third-order valence-electron chi connectivity index (χ3n) is 1.46. The van der Waals surface area contributed by atoms with Crippen molar-refractivity contribution in [3.63, 3.8) is 0 Å². The molecule has 1 rings (SSSR count). The van der Waals surface area contributed by atoms with Crippen LogP contribution in [-0.4, -0.2) is 6.61 Å². The first kappa shape index (κ1) is 9.59. The van der Waals surface area contributed by atoms with Crippen LogP contribution in [0.1, 0.15) is 12.8 Å². The second-order valence-corrected chi connectivity index (χ2v) is 3.43. The summed E-state index contributed by atoms with van der Waals surface area (Å²) in [6, 6.07) is 7.86. The number of hydrogen-bond acceptors (Lipinski definition) is 1. The van der Waals surface area contributed by atoms with Gasteiger partial charge in [0.25, 0.3) is 0 Å². The maximum absolute atomic E-state index is 5.46. The normalized spacial score (nSPS) is 9.83. The highest BCUT2D eigenvalue weighted by Gasteiger charge is 1.92. The van der Waals surface area contributed by atoms with Crippen molar-refractivity contribution in [2.24, 2.45) is 0 Å². The number of ether oxygens (including phenoxy) is 1. The van der Waals surface area contributed by atoms with Crippen LogP contribution in [0.25, 0.3) is 0 Å². The van der Waals surface area contributed by atoms with Gasteiger partial charge < -0.3 is 4.74 Å². The highest BCUT2D eigenvalue weighted by molar-refractivity contribution is 9.10. The number of benzene rings is 1. The molecular weight excluding hydrogens is 216 g/mol. The van der Waals surface area contributed by atoms with Crippen molar-refractivity contribution in [2.75, 3.05) is 6.61 Å². The smallest absolute Gasteiger partial charge is 0.120 e. The van der Waals surface area contributed by atoms with Crippen LogP contribution in [0.5, 0.6) is 5.75 Å². The van der Waals surface area contributed by atoms with Gasteiger partial charge in [0, 0.05) is 4.47 Å². The van der Waals surface area contributed by atoms with Gasteiger partial charge in [0.1, 0.15) is 5.75 Å². The van der Waals surface area contributed by atoms with Crippen LogP contribution in [0, 0.1) is 6.92 Å². The molecule has 0 fully saturated rings. The van der Waals surface area contributed by atoms with E-state index in [9.17, 15) is 0 Å². The summed E-state index contributed by atoms with van der Waals surface area (Å²) in [6.45, 7) is 4.50. The summed E-state index contributed by atoms with van der Waals surface area (Å²) in [7, 11) is 0. The molecule has 1 aromatic rings. The molecular formula is C10H12BrO. The Morgan fingerprint density at radius 1 is 1.42 bits per heavy atom. The zero-order chi connectivity index (χ0) is 8.81. The van der Waals surface area contributed by atoms with Crippen LogP contribution < -0.4 is 4.74 Å². The van der Waals surface area contributed by atoms with Gasteiger partial charge in [0.15, 0.2) is 0 Å². The molecule has 0 unspecified atom stereocenters. The van der Waals surface area contributed by atoms with Crippen molar-refractivity contribution < 1.29 is 4.74 Å². The van der Waals surface area contributed by atoms with E-state index in [0.29, 0.717) is 0 Å². The van der Waals surface area contributed by atoms with Gasteiger partial charge in [0.2, 0.25) is 0 Å². The van der Waals surface area contributed by atoms with E-state index in [2.05, 4.69) is 22.9 Å². The Balaban J connectivity index is 2.41. The van der Waals surface area contributed by atoms with Gasteiger partial charge in [-0.25, -0.2) is 0 Å². The fourth-order valence-corrected chi connectivity index (χ4v) is 1.23. The lowest BCUT2D eigenvalue weighted by Crippen LogP contribution is -1.95. The van der Waals surface area contributed by atoms with Crippen molar-refractivity contribution in [1.82, 2.24) is 0 Å². The molecule has 0 saturated heterocycles. The van der Waals surface area contributed by atoms with E-state index in [1.54, 1.807) is 0 Å². The molecule has 0 aliphatic rings. The Hall–Kier alpha value is -0.500. The van der Waals surface area contributed by atoms with Crippen molar-refractivity contribution in [1.29, 1.82) is 0 Å². The van der Waals surface area contributed by atoms with Gasteiger partial charge in [-0.05, 0) is 24.6 Å². The second-order valence-electron chi connectivity index (χ2n) is 2.51. The van der Waals surface area contributed by atoms with Crippen LogP contribution in [-0.2, 0) is 0 Å². The first-order valence-electron chi connectivity index (χ1n) is 4.00. The molecule has 0 heterocycles. The van der Waals surface area contributed by atoms with E-state index in [-0.39, 0.29) is 0 Å². The van der Waals surface area contributed by atoms with Gasteiger partial charge in [-0.3, -0.25) is 0 Å². The predicted molar refractivity (Wildman–Crippen MR) is 54.2 cm³/mol. The fourth-order valence-electron chi connectivity index (χ4n) is 0.849. The van der Waals surface area contributed by atoms with Gasteiger partial charge in [-0.1, -0.05) is 35.3 Å². The molecule has 12 heavy (non-hydrogen) atoms. The van der Waals surface area contributed by atoms with Crippen molar-refractivity contribution in [2.45, 2.75) is 12.8 Å². The van der Waals surface area contributed by atoms with Gasteiger partial charge in [-0.15, -0.1) is 0 Å². The van der Waals surface area contributed by atoms with Crippen LogP contribution in [0.3, 0.4) is 0 Å². The molecule has 0 aromatic heterocycles. The Bertz CT molecular complexity index is 235. The van der Waals surface area contributed by atoms with E-state index < -0.39 is 0 Å². The Morgan fingerprint density at radius 3 is 2.92 bits per heavy atom. The van der Waals surface area contributed by atoms with Gasteiger partial charge in [-0.2, -0.15) is 0 Å². The number of hydrogen-bond donors (Lipinski definition) is 0. The van der Waals surface area contributed by atoms with E-state index in [0.717, 1.165) is 29.7 Å². The number of halogens is 1. The quantitative estimate of drug-likeness (QED) is 0.717. The molecule has 0 spiro atoms. The molecule has 0 amide bonds. The molecule has 0 saturated carbocycles. The van der Waals surface area contributed by atoms with Gasteiger partial charge >= 0.3 is 0 Å². The standard InChI is InChI=1S/C10H12BrO/c1-2-3-7-12-10-6-4-5-9(11)8-10/h4-6,8H,1-3,7H2. The zero-order valence-electron chi connectivity index (χ0n) is 6.92. The Labute approximate surface area is 81.9 Å². The number of rotatable bonds is 4. The minimum Gasteiger partial charge on any atom is -0.494 e. The Morgan fingerprint density at radius 2 is 2.25 bits per heavy atom. The minimum absolute atomic E-state index is 0.750. The van der Waals surface area contributed by atoms with Gasteiger partial charge in [0.05, 0.1) is 6.61 Å². The largest absolute Gasteiger partial charge is 0.494 e. The summed E-state index contributed by atoms with van der Waals surface area (Å²) < 4.78 is 6.51. The molecule has 2 heteroatoms. The fraction of sp³-hybridized carbons (Fsp3) is 0.300. The summed E-state index contributed by atoms with van der Waals surface area (Å²) >= 11 is 3.38. The molecule has 0 aliphatic carbocycles. The Kier molecular flexibility index (Phi) is 4.15. The first-order valence-corrected chi connectivity index (χ1v) is 4.80. The molecule has 65 valence electrons. The van der Waals surface area contributed by atoms with Crippen LogP contribution in [0.2, 0.25) is 0 Å².